The highest BCUT2D eigenvalue weighted by Gasteiger charge is 2.57. The van der Waals surface area contributed by atoms with Crippen LogP contribution in [-0.4, -0.2) is 126 Å². The second-order valence-electron chi connectivity index (χ2n) is 9.87. The van der Waals surface area contributed by atoms with Crippen LogP contribution in [0.1, 0.15) is 0 Å². The Morgan fingerprint density at radius 2 is 2.02 bits per heavy atom. The first-order valence-corrected chi connectivity index (χ1v) is 13.2. The number of hydrogen-bond acceptors (Lipinski definition) is 13. The van der Waals surface area contributed by atoms with Crippen molar-refractivity contribution < 1.29 is 68.8 Å². The largest absolute Gasteiger partial charge is 0.477 e. The first-order valence-electron chi connectivity index (χ1n) is 13.2. The lowest BCUT2D eigenvalue weighted by molar-refractivity contribution is -0.842. The van der Waals surface area contributed by atoms with E-state index in [9.17, 15) is 40.2 Å². The molecule has 0 aliphatic carbocycles. The van der Waals surface area contributed by atoms with Gasteiger partial charge in [0, 0.05) is 11.5 Å². The number of allylic oxidation sites excluding steroid dienone is 1. The van der Waals surface area contributed by atoms with E-state index < -0.39 is 67.1 Å². The lowest BCUT2D eigenvalue weighted by Gasteiger charge is -2.47. The third kappa shape index (κ3) is 7.51. The molecule has 234 valence electrons. The summed E-state index contributed by atoms with van der Waals surface area (Å²) >= 11 is 0. The minimum atomic E-state index is -2.89. The van der Waals surface area contributed by atoms with Gasteiger partial charge in [-0.1, -0.05) is 18.2 Å². The highest BCUT2D eigenvalue weighted by molar-refractivity contribution is 5.90. The summed E-state index contributed by atoms with van der Waals surface area (Å²) in [7, 11) is 2.74. The Morgan fingerprint density at radius 1 is 1.29 bits per heavy atom. The summed E-state index contributed by atoms with van der Waals surface area (Å²) in [5.74, 6) is -6.30. The lowest BCUT2D eigenvalue weighted by Crippen LogP contribution is -3.08. The molecule has 0 amide bonds. The number of ether oxygens (including phenoxy) is 5. The van der Waals surface area contributed by atoms with Gasteiger partial charge in [0.15, 0.2) is 12.4 Å². The van der Waals surface area contributed by atoms with E-state index >= 15 is 0 Å². The van der Waals surface area contributed by atoms with Crippen LogP contribution in [0.25, 0.3) is 0 Å². The molecule has 42 heavy (non-hydrogen) atoms. The van der Waals surface area contributed by atoms with Crippen molar-refractivity contribution in [3.05, 3.63) is 60.1 Å². The van der Waals surface area contributed by atoms with Gasteiger partial charge in [0.2, 0.25) is 12.1 Å². The molecule has 15 nitrogen and oxygen atoms in total. The molecule has 0 spiro atoms. The molecule has 0 aromatic carbocycles. The van der Waals surface area contributed by atoms with Crippen molar-refractivity contribution in [3.63, 3.8) is 0 Å². The van der Waals surface area contributed by atoms with Gasteiger partial charge in [-0.05, 0) is 13.1 Å². The van der Waals surface area contributed by atoms with Gasteiger partial charge in [0.25, 0.3) is 0 Å². The molecule has 0 bridgehead atoms. The molecule has 0 radical (unpaired) electrons. The number of esters is 1. The Labute approximate surface area is 242 Å². The number of carboxylic acids is 1. The van der Waals surface area contributed by atoms with Crippen LogP contribution in [0.5, 0.6) is 0 Å². The van der Waals surface area contributed by atoms with Gasteiger partial charge in [-0.15, -0.1) is 6.58 Å². The predicted molar refractivity (Wildman–Crippen MR) is 142 cm³/mol. The van der Waals surface area contributed by atoms with Crippen LogP contribution >= 0.6 is 0 Å². The van der Waals surface area contributed by atoms with Crippen molar-refractivity contribution in [1.82, 2.24) is 5.32 Å². The van der Waals surface area contributed by atoms with E-state index in [0.29, 0.717) is 17.0 Å². The Morgan fingerprint density at radius 3 is 2.62 bits per heavy atom. The number of carbonyl (C=O) groups is 2. The second kappa shape index (κ2) is 15.0. The van der Waals surface area contributed by atoms with E-state index in [1.807, 2.05) is 0 Å². The number of carboxylic acid groups (broad SMARTS) is 1. The fourth-order valence-corrected chi connectivity index (χ4v) is 4.90. The number of quaternary nitrogens is 1. The molecular formula is C27H39N2O13+. The molecule has 3 aliphatic rings. The zero-order valence-electron chi connectivity index (χ0n) is 23.3. The summed E-state index contributed by atoms with van der Waals surface area (Å²) in [4.78, 5) is 25.0. The average Bonchev–Trinajstić information content (AvgIpc) is 2.97. The molecular weight excluding hydrogens is 560 g/mol. The van der Waals surface area contributed by atoms with Crippen LogP contribution in [0.3, 0.4) is 0 Å². The molecule has 0 aromatic heterocycles. The molecule has 3 heterocycles. The molecule has 8 N–H and O–H groups in total. The maximum atomic E-state index is 12.7. The van der Waals surface area contributed by atoms with Crippen LogP contribution in [-0.2, 0) is 33.3 Å². The topological polar surface area (TPSA) is 218 Å². The maximum absolute atomic E-state index is 12.7. The average molecular weight is 600 g/mol. The van der Waals surface area contributed by atoms with Crippen molar-refractivity contribution in [3.8, 4) is 0 Å². The maximum Gasteiger partial charge on any atom is 0.341 e. The summed E-state index contributed by atoms with van der Waals surface area (Å²) in [5.41, 5.74) is 0.745. The monoisotopic (exact) mass is 599 g/mol. The molecule has 3 aliphatic heterocycles. The van der Waals surface area contributed by atoms with Crippen molar-refractivity contribution in [2.45, 2.75) is 36.7 Å². The second-order valence-corrected chi connectivity index (χ2v) is 9.87. The number of hydrogen-bond donors (Lipinski definition) is 8. The predicted octanol–water partition coefficient (Wildman–Crippen LogP) is -3.50. The van der Waals surface area contributed by atoms with Gasteiger partial charge < -0.3 is 59.2 Å². The summed E-state index contributed by atoms with van der Waals surface area (Å²) < 4.78 is 27.6. The number of methoxy groups -OCH3 is 1. The highest BCUT2D eigenvalue weighted by Crippen LogP contribution is 2.38. The summed E-state index contributed by atoms with van der Waals surface area (Å²) in [5, 5.41) is 62.9. The first-order chi connectivity index (χ1) is 20.0. The van der Waals surface area contributed by atoms with E-state index in [2.05, 4.69) is 11.9 Å². The molecule has 3 rings (SSSR count). The number of aliphatic carboxylic acids is 1. The van der Waals surface area contributed by atoms with Crippen molar-refractivity contribution >= 4 is 11.9 Å². The Bertz CT molecular complexity index is 1100. The van der Waals surface area contributed by atoms with Crippen LogP contribution in [0.15, 0.2) is 60.1 Å². The molecule has 8 unspecified atom stereocenters. The van der Waals surface area contributed by atoms with E-state index in [0.717, 1.165) is 6.26 Å². The van der Waals surface area contributed by atoms with Crippen LogP contribution in [0.4, 0.5) is 0 Å². The third-order valence-corrected chi connectivity index (χ3v) is 7.06. The number of rotatable bonds is 13. The van der Waals surface area contributed by atoms with E-state index in [4.69, 9.17) is 23.7 Å². The van der Waals surface area contributed by atoms with E-state index in [1.165, 1.54) is 25.5 Å². The Kier molecular flexibility index (Phi) is 12.0. The zero-order valence-corrected chi connectivity index (χ0v) is 23.3. The van der Waals surface area contributed by atoms with Gasteiger partial charge in [-0.2, -0.15) is 0 Å². The normalized spacial score (nSPS) is 32.8. The quantitative estimate of drug-likeness (QED) is 0.0585. The molecule has 1 fully saturated rings. The Hall–Kier alpha value is -2.96. The molecule has 1 saturated heterocycles. The standard InChI is InChI=1S/C27H38N2O13/c1-4-17-18(6-5-15-9-16(23(33)34)11-29(10-15)7-8-30)19(24(35)38-3)13-39-25(17)42-26-22(40-14-28-2)27(36,37)21(32)20(12-31)41-26/h4-6,9,11,13,17-18,20-22,25-26,28,30-32,36-37H,1,7-8,10,12,14H2,2-3H3,(H,33,34)/p+1. The van der Waals surface area contributed by atoms with Crippen LogP contribution in [0.2, 0.25) is 0 Å². The SMILES string of the molecule is C=CC1C(OC2OC(CO)C(O)C(O)(O)C2OCNC)OC=C(C(=O)OC)C1C=CC1=CC(C(=O)O)=C[NH+](CCO)C1. The van der Waals surface area contributed by atoms with Gasteiger partial charge in [-0.3, -0.25) is 5.32 Å². The molecule has 0 saturated carbocycles. The molecule has 8 atom stereocenters. The zero-order chi connectivity index (χ0) is 31.0. The molecule has 0 aromatic rings. The smallest absolute Gasteiger partial charge is 0.341 e. The lowest BCUT2D eigenvalue weighted by atomic mass is 9.83. The van der Waals surface area contributed by atoms with Crippen LogP contribution in [0, 0.1) is 11.8 Å². The summed E-state index contributed by atoms with van der Waals surface area (Å²) in [6.45, 7) is 3.39. The minimum absolute atomic E-state index is 0.0423. The first kappa shape index (κ1) is 33.5. The van der Waals surface area contributed by atoms with Gasteiger partial charge >= 0.3 is 11.9 Å². The van der Waals surface area contributed by atoms with E-state index in [1.54, 1.807) is 19.2 Å². The third-order valence-electron chi connectivity index (χ3n) is 7.06. The fraction of sp³-hybridized carbons (Fsp3) is 0.556. The number of nitrogens with one attached hydrogen (secondary N) is 2. The summed E-state index contributed by atoms with van der Waals surface area (Å²) in [6, 6.07) is 0. The number of aliphatic hydroxyl groups excluding tert-OH is 3. The van der Waals surface area contributed by atoms with Crippen molar-refractivity contribution in [2.75, 3.05) is 47.2 Å². The van der Waals surface area contributed by atoms with Gasteiger partial charge in [0.05, 0.1) is 44.8 Å². The Balaban J connectivity index is 1.94. The summed E-state index contributed by atoms with van der Waals surface area (Å²) in [6.07, 6.45) is 1.01. The molecule has 15 heteroatoms. The fourth-order valence-electron chi connectivity index (χ4n) is 4.90. The van der Waals surface area contributed by atoms with Crippen LogP contribution < -0.4 is 10.2 Å². The number of aliphatic hydroxyl groups is 5. The van der Waals surface area contributed by atoms with E-state index in [-0.39, 0.29) is 31.0 Å². The van der Waals surface area contributed by atoms with Gasteiger partial charge in [-0.25, -0.2) is 9.59 Å². The van der Waals surface area contributed by atoms with Gasteiger partial charge in [0.1, 0.15) is 37.1 Å². The van der Waals surface area contributed by atoms with Crippen molar-refractivity contribution in [1.29, 1.82) is 0 Å². The highest BCUT2D eigenvalue weighted by atomic mass is 16.8. The minimum Gasteiger partial charge on any atom is -0.477 e. The number of carbonyl (C=O) groups excluding carboxylic acids is 1. The van der Waals surface area contributed by atoms with Crippen molar-refractivity contribution in [2.24, 2.45) is 11.8 Å².